The van der Waals surface area contributed by atoms with Crippen LogP contribution in [-0.4, -0.2) is 57.2 Å². The van der Waals surface area contributed by atoms with Gasteiger partial charge in [-0.3, -0.25) is 9.59 Å². The van der Waals surface area contributed by atoms with E-state index in [0.29, 0.717) is 44.3 Å². The van der Waals surface area contributed by atoms with Gasteiger partial charge in [-0.2, -0.15) is 0 Å². The quantitative estimate of drug-likeness (QED) is 0.802. The van der Waals surface area contributed by atoms with Crippen LogP contribution in [0.15, 0.2) is 18.2 Å². The first-order valence-electron chi connectivity index (χ1n) is 7.97. The minimum Gasteiger partial charge on any atom is -0.493 e. The van der Waals surface area contributed by atoms with E-state index in [1.165, 1.54) is 0 Å². The lowest BCUT2D eigenvalue weighted by Gasteiger charge is -2.26. The molecule has 1 aromatic carbocycles. The molecule has 0 saturated carbocycles. The van der Waals surface area contributed by atoms with Crippen LogP contribution in [0.4, 0.5) is 0 Å². The van der Waals surface area contributed by atoms with Crippen LogP contribution in [0.5, 0.6) is 11.5 Å². The van der Waals surface area contributed by atoms with Gasteiger partial charge in [-0.25, -0.2) is 0 Å². The second-order valence-electron chi connectivity index (χ2n) is 5.46. The highest BCUT2D eigenvalue weighted by Crippen LogP contribution is 2.27. The summed E-state index contributed by atoms with van der Waals surface area (Å²) in [4.78, 5) is 25.7. The molecular formula is C17H24N2O5. The van der Waals surface area contributed by atoms with Crippen molar-refractivity contribution in [3.8, 4) is 11.5 Å². The molecule has 0 aromatic heterocycles. The third kappa shape index (κ3) is 5.13. The molecule has 0 atom stereocenters. The van der Waals surface area contributed by atoms with E-state index >= 15 is 0 Å². The van der Waals surface area contributed by atoms with E-state index in [1.54, 1.807) is 25.2 Å². The Kier molecular flexibility index (Phi) is 6.87. The highest BCUT2D eigenvalue weighted by atomic mass is 16.5. The highest BCUT2D eigenvalue weighted by Gasteiger charge is 2.17. The number of amides is 2. The van der Waals surface area contributed by atoms with E-state index in [2.05, 4.69) is 5.32 Å². The molecule has 0 unspecified atom stereocenters. The van der Waals surface area contributed by atoms with Gasteiger partial charge < -0.3 is 24.4 Å². The van der Waals surface area contributed by atoms with Crippen molar-refractivity contribution in [2.24, 2.45) is 0 Å². The number of carbonyl (C=O) groups excluding carboxylic acids is 2. The summed E-state index contributed by atoms with van der Waals surface area (Å²) in [5.41, 5.74) is 0.903. The van der Waals surface area contributed by atoms with Gasteiger partial charge in [-0.1, -0.05) is 6.07 Å². The number of hydrogen-bond donors (Lipinski definition) is 1. The van der Waals surface area contributed by atoms with Gasteiger partial charge in [0.05, 0.1) is 27.4 Å². The minimum atomic E-state index is -0.147. The molecule has 0 bridgehead atoms. The third-order valence-electron chi connectivity index (χ3n) is 3.87. The maximum Gasteiger partial charge on any atom is 0.223 e. The standard InChI is InChI=1S/C17H24N2O5/c1-22-14-4-3-13(11-15(14)23-2)12-18-16(20)5-6-17(21)19-7-9-24-10-8-19/h3-4,11H,5-10,12H2,1-2H3,(H,18,20). The van der Waals surface area contributed by atoms with Crippen molar-refractivity contribution in [1.82, 2.24) is 10.2 Å². The zero-order chi connectivity index (χ0) is 17.4. The van der Waals surface area contributed by atoms with Crippen molar-refractivity contribution < 1.29 is 23.8 Å². The van der Waals surface area contributed by atoms with Gasteiger partial charge >= 0.3 is 0 Å². The van der Waals surface area contributed by atoms with E-state index in [9.17, 15) is 9.59 Å². The van der Waals surface area contributed by atoms with Gasteiger partial charge in [0.25, 0.3) is 0 Å². The highest BCUT2D eigenvalue weighted by molar-refractivity contribution is 5.83. The van der Waals surface area contributed by atoms with Crippen LogP contribution in [-0.2, 0) is 20.9 Å². The largest absolute Gasteiger partial charge is 0.493 e. The molecule has 2 amide bonds. The second kappa shape index (κ2) is 9.12. The van der Waals surface area contributed by atoms with Crippen LogP contribution in [0.1, 0.15) is 18.4 Å². The SMILES string of the molecule is COc1ccc(CNC(=O)CCC(=O)N2CCOCC2)cc1OC. The molecule has 1 fully saturated rings. The fraction of sp³-hybridized carbons (Fsp3) is 0.529. The number of hydrogen-bond acceptors (Lipinski definition) is 5. The molecule has 24 heavy (non-hydrogen) atoms. The first-order chi connectivity index (χ1) is 11.6. The Balaban J connectivity index is 1.75. The normalized spacial score (nSPS) is 14.2. The molecule has 132 valence electrons. The molecule has 1 heterocycles. The predicted octanol–water partition coefficient (Wildman–Crippen LogP) is 0.959. The molecule has 1 aromatic rings. The Bertz CT molecular complexity index is 570. The number of ether oxygens (including phenoxy) is 3. The summed E-state index contributed by atoms with van der Waals surface area (Å²) in [6.45, 7) is 2.72. The van der Waals surface area contributed by atoms with Crippen LogP contribution in [0.25, 0.3) is 0 Å². The summed E-state index contributed by atoms with van der Waals surface area (Å²) >= 11 is 0. The Labute approximate surface area is 141 Å². The first-order valence-corrected chi connectivity index (χ1v) is 7.97. The number of carbonyl (C=O) groups is 2. The van der Waals surface area contributed by atoms with Crippen LogP contribution >= 0.6 is 0 Å². The summed E-state index contributed by atoms with van der Waals surface area (Å²) in [5.74, 6) is 1.11. The van der Waals surface area contributed by atoms with Crippen LogP contribution < -0.4 is 14.8 Å². The molecule has 1 saturated heterocycles. The smallest absolute Gasteiger partial charge is 0.223 e. The maximum absolute atomic E-state index is 12.0. The van der Waals surface area contributed by atoms with Gasteiger partial charge in [-0.15, -0.1) is 0 Å². The average Bonchev–Trinajstić information content (AvgIpc) is 2.64. The molecule has 7 heteroatoms. The van der Waals surface area contributed by atoms with E-state index in [-0.39, 0.29) is 24.7 Å². The van der Waals surface area contributed by atoms with Crippen molar-refractivity contribution in [3.05, 3.63) is 23.8 Å². The Morgan fingerprint density at radius 2 is 1.83 bits per heavy atom. The van der Waals surface area contributed by atoms with Crippen LogP contribution in [0.2, 0.25) is 0 Å². The first kappa shape index (κ1) is 18.1. The Morgan fingerprint density at radius 1 is 1.12 bits per heavy atom. The number of nitrogens with zero attached hydrogens (tertiary/aromatic N) is 1. The zero-order valence-corrected chi connectivity index (χ0v) is 14.2. The fourth-order valence-corrected chi connectivity index (χ4v) is 2.47. The molecule has 0 radical (unpaired) electrons. The predicted molar refractivity (Wildman–Crippen MR) is 88.0 cm³/mol. The number of nitrogens with one attached hydrogen (secondary N) is 1. The second-order valence-corrected chi connectivity index (χ2v) is 5.46. The van der Waals surface area contributed by atoms with E-state index < -0.39 is 0 Å². The molecule has 0 spiro atoms. The van der Waals surface area contributed by atoms with Gasteiger partial charge in [0.2, 0.25) is 11.8 Å². The van der Waals surface area contributed by atoms with E-state index in [1.807, 2.05) is 12.1 Å². The molecular weight excluding hydrogens is 312 g/mol. The summed E-state index contributed by atoms with van der Waals surface area (Å²) < 4.78 is 15.6. The summed E-state index contributed by atoms with van der Waals surface area (Å²) in [6.07, 6.45) is 0.404. The topological polar surface area (TPSA) is 77.1 Å². The number of benzene rings is 1. The average molecular weight is 336 g/mol. The number of morpholine rings is 1. The van der Waals surface area contributed by atoms with Gasteiger partial charge in [0, 0.05) is 32.5 Å². The van der Waals surface area contributed by atoms with Crippen LogP contribution in [0, 0.1) is 0 Å². The molecule has 1 N–H and O–H groups in total. The number of rotatable bonds is 7. The van der Waals surface area contributed by atoms with Crippen molar-refractivity contribution in [1.29, 1.82) is 0 Å². The number of methoxy groups -OCH3 is 2. The van der Waals surface area contributed by atoms with E-state index in [0.717, 1.165) is 5.56 Å². The summed E-state index contributed by atoms with van der Waals surface area (Å²) in [5, 5.41) is 2.82. The summed E-state index contributed by atoms with van der Waals surface area (Å²) in [6, 6.07) is 5.47. The Morgan fingerprint density at radius 3 is 2.50 bits per heavy atom. The maximum atomic E-state index is 12.0. The molecule has 1 aliphatic heterocycles. The Hall–Kier alpha value is -2.28. The zero-order valence-electron chi connectivity index (χ0n) is 14.2. The third-order valence-corrected chi connectivity index (χ3v) is 3.87. The fourth-order valence-electron chi connectivity index (χ4n) is 2.47. The molecule has 7 nitrogen and oxygen atoms in total. The van der Waals surface area contributed by atoms with Gasteiger partial charge in [0.1, 0.15) is 0 Å². The lowest BCUT2D eigenvalue weighted by Crippen LogP contribution is -2.41. The van der Waals surface area contributed by atoms with Gasteiger partial charge in [0.15, 0.2) is 11.5 Å². The molecule has 1 aliphatic rings. The minimum absolute atomic E-state index is 0.000401. The van der Waals surface area contributed by atoms with E-state index in [4.69, 9.17) is 14.2 Å². The lowest BCUT2D eigenvalue weighted by atomic mass is 10.2. The van der Waals surface area contributed by atoms with Crippen LogP contribution in [0.3, 0.4) is 0 Å². The molecule has 0 aliphatic carbocycles. The van der Waals surface area contributed by atoms with Crippen molar-refractivity contribution in [2.75, 3.05) is 40.5 Å². The van der Waals surface area contributed by atoms with Crippen molar-refractivity contribution in [2.45, 2.75) is 19.4 Å². The van der Waals surface area contributed by atoms with Gasteiger partial charge in [-0.05, 0) is 17.7 Å². The van der Waals surface area contributed by atoms with Crippen molar-refractivity contribution in [3.63, 3.8) is 0 Å². The summed E-state index contributed by atoms with van der Waals surface area (Å²) in [7, 11) is 3.14. The lowest BCUT2D eigenvalue weighted by molar-refractivity contribution is -0.137. The monoisotopic (exact) mass is 336 g/mol. The molecule has 2 rings (SSSR count). The van der Waals surface area contributed by atoms with Crippen molar-refractivity contribution >= 4 is 11.8 Å².